The van der Waals surface area contributed by atoms with Crippen LogP contribution < -0.4 is 20.5 Å². The van der Waals surface area contributed by atoms with Crippen LogP contribution in [0, 0.1) is 6.92 Å². The first-order valence-corrected chi connectivity index (χ1v) is 13.6. The summed E-state index contributed by atoms with van der Waals surface area (Å²) in [5.41, 5.74) is 8.71. The van der Waals surface area contributed by atoms with Crippen LogP contribution in [0.2, 0.25) is 0 Å². The Bertz CT molecular complexity index is 1420. The number of rotatable bonds is 5. The number of carbonyl (C=O) groups excluding carboxylic acids is 1. The van der Waals surface area contributed by atoms with Gasteiger partial charge in [0.2, 0.25) is 10.0 Å². The summed E-state index contributed by atoms with van der Waals surface area (Å²) in [6, 6.07) is 5.86. The summed E-state index contributed by atoms with van der Waals surface area (Å²) in [5.74, 6) is 0.871. The number of carbonyl (C=O) groups is 1. The van der Waals surface area contributed by atoms with Crippen molar-refractivity contribution in [2.45, 2.75) is 49.6 Å². The SMILES string of the molecule is COc1ccc(S(N)(=O)=O)cc1C(=O)N1CCCCC1c1cc2nc(N3CCC(N)C3)c(C)cn2n1. The molecule has 4 heterocycles. The number of primary sulfonamides is 1. The molecule has 2 fully saturated rings. The Morgan fingerprint density at radius 1 is 1.17 bits per heavy atom. The first-order chi connectivity index (χ1) is 17.2. The van der Waals surface area contributed by atoms with Crippen LogP contribution in [-0.4, -0.2) is 66.6 Å². The Hall–Kier alpha value is -3.22. The number of sulfonamides is 1. The van der Waals surface area contributed by atoms with Crippen LogP contribution in [0.1, 0.15) is 53.3 Å². The molecule has 11 nitrogen and oxygen atoms in total. The molecule has 4 N–H and O–H groups in total. The molecule has 0 radical (unpaired) electrons. The molecule has 2 aromatic heterocycles. The average Bonchev–Trinajstić information content (AvgIpc) is 3.47. The Labute approximate surface area is 210 Å². The van der Waals surface area contributed by atoms with Crippen LogP contribution >= 0.6 is 0 Å². The number of amides is 1. The molecule has 192 valence electrons. The van der Waals surface area contributed by atoms with Crippen LogP contribution in [-0.2, 0) is 10.0 Å². The first-order valence-electron chi connectivity index (χ1n) is 12.0. The second-order valence-corrected chi connectivity index (χ2v) is 11.1. The zero-order valence-electron chi connectivity index (χ0n) is 20.4. The Kier molecular flexibility index (Phi) is 6.35. The molecule has 2 unspecified atom stereocenters. The largest absolute Gasteiger partial charge is 0.496 e. The highest BCUT2D eigenvalue weighted by molar-refractivity contribution is 7.89. The van der Waals surface area contributed by atoms with Crippen molar-refractivity contribution >= 4 is 27.4 Å². The van der Waals surface area contributed by atoms with E-state index in [0.29, 0.717) is 12.2 Å². The van der Waals surface area contributed by atoms with E-state index in [9.17, 15) is 13.2 Å². The molecule has 3 aromatic rings. The number of hydrogen-bond donors (Lipinski definition) is 2. The number of nitrogens with zero attached hydrogens (tertiary/aromatic N) is 5. The van der Waals surface area contributed by atoms with Crippen molar-refractivity contribution < 1.29 is 17.9 Å². The van der Waals surface area contributed by atoms with Gasteiger partial charge < -0.3 is 20.3 Å². The maximum absolute atomic E-state index is 13.7. The van der Waals surface area contributed by atoms with E-state index < -0.39 is 10.0 Å². The lowest BCUT2D eigenvalue weighted by Gasteiger charge is -2.35. The molecule has 0 saturated carbocycles. The molecule has 2 atom stereocenters. The number of aryl methyl sites for hydroxylation is 1. The third kappa shape index (κ3) is 4.51. The maximum Gasteiger partial charge on any atom is 0.258 e. The van der Waals surface area contributed by atoms with Crippen molar-refractivity contribution in [3.63, 3.8) is 0 Å². The number of methoxy groups -OCH3 is 1. The molecular weight excluding hydrogens is 482 g/mol. The molecule has 0 spiro atoms. The number of ether oxygens (including phenoxy) is 1. The molecule has 36 heavy (non-hydrogen) atoms. The van der Waals surface area contributed by atoms with Crippen LogP contribution in [0.4, 0.5) is 5.82 Å². The molecule has 2 saturated heterocycles. The van der Waals surface area contributed by atoms with Gasteiger partial charge in [0.15, 0.2) is 5.65 Å². The number of hydrogen-bond acceptors (Lipinski definition) is 8. The van der Waals surface area contributed by atoms with Gasteiger partial charge in [-0.25, -0.2) is 23.1 Å². The van der Waals surface area contributed by atoms with Crippen molar-refractivity contribution in [2.24, 2.45) is 10.9 Å². The zero-order chi connectivity index (χ0) is 25.6. The number of piperidine rings is 1. The van der Waals surface area contributed by atoms with Gasteiger partial charge in [0.05, 0.1) is 29.3 Å². The number of aromatic nitrogens is 3. The molecule has 0 aliphatic carbocycles. The highest BCUT2D eigenvalue weighted by atomic mass is 32.2. The number of anilines is 1. The van der Waals surface area contributed by atoms with Crippen molar-refractivity contribution in [3.8, 4) is 5.75 Å². The quantitative estimate of drug-likeness (QED) is 0.522. The monoisotopic (exact) mass is 513 g/mol. The minimum absolute atomic E-state index is 0.137. The van der Waals surface area contributed by atoms with Gasteiger partial charge in [-0.2, -0.15) is 5.10 Å². The summed E-state index contributed by atoms with van der Waals surface area (Å²) in [7, 11) is -2.54. The standard InChI is InChI=1S/C24H31N7O4S/c1-15-13-31-22(27-23(15)29-10-8-16(25)14-29)12-19(28-31)20-5-3-4-9-30(20)24(32)18-11-17(36(26,33)34)6-7-21(18)35-2/h6-7,11-13,16,20H,3-5,8-10,14,25H2,1-2H3,(H2,26,33,34). The van der Waals surface area contributed by atoms with Crippen LogP contribution in [0.3, 0.4) is 0 Å². The second-order valence-electron chi connectivity index (χ2n) is 9.53. The van der Waals surface area contributed by atoms with E-state index in [1.165, 1.54) is 25.3 Å². The molecule has 12 heteroatoms. The van der Waals surface area contributed by atoms with Gasteiger partial charge >= 0.3 is 0 Å². The zero-order valence-corrected chi connectivity index (χ0v) is 21.2. The Balaban J connectivity index is 1.50. The molecule has 2 aliphatic rings. The predicted octanol–water partition coefficient (Wildman–Crippen LogP) is 1.60. The van der Waals surface area contributed by atoms with E-state index in [4.69, 9.17) is 25.7 Å². The number of benzene rings is 1. The number of fused-ring (bicyclic) bond motifs is 1. The van der Waals surface area contributed by atoms with E-state index in [0.717, 1.165) is 55.8 Å². The summed E-state index contributed by atoms with van der Waals surface area (Å²) in [4.78, 5) is 22.4. The van der Waals surface area contributed by atoms with E-state index in [2.05, 4.69) is 4.90 Å². The van der Waals surface area contributed by atoms with Gasteiger partial charge in [0, 0.05) is 43.5 Å². The summed E-state index contributed by atoms with van der Waals surface area (Å²) in [5, 5.41) is 10.1. The van der Waals surface area contributed by atoms with Gasteiger partial charge in [-0.1, -0.05) is 0 Å². The normalized spacial score (nSPS) is 20.8. The first kappa shape index (κ1) is 24.5. The van der Waals surface area contributed by atoms with Crippen LogP contribution in [0.15, 0.2) is 35.4 Å². The minimum atomic E-state index is -3.98. The van der Waals surface area contributed by atoms with Crippen molar-refractivity contribution in [1.29, 1.82) is 0 Å². The summed E-state index contributed by atoms with van der Waals surface area (Å²) < 4.78 is 31.0. The smallest absolute Gasteiger partial charge is 0.258 e. The second kappa shape index (κ2) is 9.34. The summed E-state index contributed by atoms with van der Waals surface area (Å²) in [6.07, 6.45) is 5.41. The van der Waals surface area contributed by atoms with Crippen molar-refractivity contribution in [1.82, 2.24) is 19.5 Å². The lowest BCUT2D eigenvalue weighted by molar-refractivity contribution is 0.0602. The topological polar surface area (TPSA) is 149 Å². The highest BCUT2D eigenvalue weighted by Crippen LogP contribution is 2.34. The predicted molar refractivity (Wildman–Crippen MR) is 135 cm³/mol. The highest BCUT2D eigenvalue weighted by Gasteiger charge is 2.33. The Morgan fingerprint density at radius 3 is 2.67 bits per heavy atom. The lowest BCUT2D eigenvalue weighted by Crippen LogP contribution is -2.39. The van der Waals surface area contributed by atoms with Crippen molar-refractivity contribution in [2.75, 3.05) is 31.6 Å². The molecular formula is C24H31N7O4S. The van der Waals surface area contributed by atoms with E-state index >= 15 is 0 Å². The molecule has 1 aromatic carbocycles. The average molecular weight is 514 g/mol. The van der Waals surface area contributed by atoms with E-state index in [1.807, 2.05) is 19.2 Å². The van der Waals surface area contributed by atoms with Gasteiger partial charge in [-0.3, -0.25) is 4.79 Å². The molecule has 0 bridgehead atoms. The molecule has 2 aliphatic heterocycles. The van der Waals surface area contributed by atoms with Gasteiger partial charge in [-0.15, -0.1) is 0 Å². The maximum atomic E-state index is 13.7. The van der Waals surface area contributed by atoms with Gasteiger partial charge in [-0.05, 0) is 50.8 Å². The van der Waals surface area contributed by atoms with E-state index in [-0.39, 0.29) is 34.2 Å². The van der Waals surface area contributed by atoms with Crippen LogP contribution in [0.25, 0.3) is 5.65 Å². The fraction of sp³-hybridized carbons (Fsp3) is 0.458. The minimum Gasteiger partial charge on any atom is -0.496 e. The summed E-state index contributed by atoms with van der Waals surface area (Å²) in [6.45, 7) is 4.17. The number of likely N-dealkylation sites (tertiary alicyclic amines) is 1. The molecule has 5 rings (SSSR count). The van der Waals surface area contributed by atoms with Gasteiger partial charge in [0.25, 0.3) is 5.91 Å². The Morgan fingerprint density at radius 2 is 1.97 bits per heavy atom. The van der Waals surface area contributed by atoms with Crippen molar-refractivity contribution in [3.05, 3.63) is 47.3 Å². The third-order valence-electron chi connectivity index (χ3n) is 6.98. The summed E-state index contributed by atoms with van der Waals surface area (Å²) >= 11 is 0. The lowest BCUT2D eigenvalue weighted by atomic mass is 9.98. The fourth-order valence-corrected chi connectivity index (χ4v) is 5.69. The molecule has 1 amide bonds. The van der Waals surface area contributed by atoms with Crippen LogP contribution in [0.5, 0.6) is 5.75 Å². The fourth-order valence-electron chi connectivity index (χ4n) is 5.15. The van der Waals surface area contributed by atoms with E-state index in [1.54, 1.807) is 9.42 Å². The third-order valence-corrected chi connectivity index (χ3v) is 7.89. The van der Waals surface area contributed by atoms with Gasteiger partial charge in [0.1, 0.15) is 11.6 Å². The number of nitrogens with two attached hydrogens (primary N) is 2.